The fourth-order valence-electron chi connectivity index (χ4n) is 3.84. The molecule has 1 unspecified atom stereocenters. The van der Waals surface area contributed by atoms with Crippen molar-refractivity contribution in [2.24, 2.45) is 11.7 Å². The fraction of sp³-hybridized carbons (Fsp3) is 0.667. The molecule has 0 spiro atoms. The highest BCUT2D eigenvalue weighted by molar-refractivity contribution is 5.46. The quantitative estimate of drug-likeness (QED) is 0.924. The van der Waals surface area contributed by atoms with Gasteiger partial charge in [0.2, 0.25) is 0 Å². The molecule has 0 bridgehead atoms. The molecule has 3 nitrogen and oxygen atoms in total. The Hall–Kier alpha value is -1.06. The van der Waals surface area contributed by atoms with Crippen LogP contribution in [0.2, 0.25) is 0 Å². The summed E-state index contributed by atoms with van der Waals surface area (Å²) in [7, 11) is 0. The van der Waals surface area contributed by atoms with Gasteiger partial charge in [-0.15, -0.1) is 0 Å². The first-order chi connectivity index (χ1) is 10.3. The third-order valence-corrected chi connectivity index (χ3v) is 5.22. The van der Waals surface area contributed by atoms with Gasteiger partial charge in [-0.05, 0) is 30.9 Å². The second kappa shape index (κ2) is 7.28. The van der Waals surface area contributed by atoms with Gasteiger partial charge in [0.05, 0.1) is 0 Å². The van der Waals surface area contributed by atoms with Crippen molar-refractivity contribution in [3.63, 3.8) is 0 Å². The largest absolute Gasteiger partial charge is 0.369 e. The first-order valence-electron chi connectivity index (χ1n) is 8.61. The molecular formula is C18H29N3. The fourth-order valence-corrected chi connectivity index (χ4v) is 3.84. The Bertz CT molecular complexity index is 406. The summed E-state index contributed by atoms with van der Waals surface area (Å²) in [5, 5.41) is 0. The molecule has 116 valence electrons. The van der Waals surface area contributed by atoms with E-state index in [2.05, 4.69) is 40.1 Å². The second-order valence-electron chi connectivity index (χ2n) is 6.69. The predicted molar refractivity (Wildman–Crippen MR) is 89.6 cm³/mol. The lowest BCUT2D eigenvalue weighted by Crippen LogP contribution is -2.51. The number of hydrogen-bond donors (Lipinski definition) is 1. The van der Waals surface area contributed by atoms with Crippen molar-refractivity contribution < 1.29 is 0 Å². The van der Waals surface area contributed by atoms with Gasteiger partial charge >= 0.3 is 0 Å². The van der Waals surface area contributed by atoms with Crippen LogP contribution in [0, 0.1) is 5.92 Å². The molecule has 21 heavy (non-hydrogen) atoms. The van der Waals surface area contributed by atoms with E-state index in [1.165, 1.54) is 37.8 Å². The molecule has 1 aliphatic heterocycles. The number of nitrogens with zero attached hydrogens (tertiary/aromatic N) is 2. The van der Waals surface area contributed by atoms with Crippen LogP contribution in [0.15, 0.2) is 30.3 Å². The highest BCUT2D eigenvalue weighted by Crippen LogP contribution is 2.26. The van der Waals surface area contributed by atoms with Gasteiger partial charge in [0.25, 0.3) is 0 Å². The summed E-state index contributed by atoms with van der Waals surface area (Å²) in [6.07, 6.45) is 6.90. The van der Waals surface area contributed by atoms with Crippen molar-refractivity contribution in [2.45, 2.75) is 38.1 Å². The Morgan fingerprint density at radius 1 is 0.952 bits per heavy atom. The van der Waals surface area contributed by atoms with Crippen LogP contribution in [0.3, 0.4) is 0 Å². The zero-order valence-corrected chi connectivity index (χ0v) is 13.1. The van der Waals surface area contributed by atoms with E-state index in [-0.39, 0.29) is 0 Å². The zero-order chi connectivity index (χ0) is 14.5. The maximum absolute atomic E-state index is 6.47. The number of piperazine rings is 1. The SMILES string of the molecule is NC(CN1CCN(c2ccccc2)CC1)C1CCCCC1. The van der Waals surface area contributed by atoms with Gasteiger partial charge in [-0.25, -0.2) is 0 Å². The maximum Gasteiger partial charge on any atom is 0.0367 e. The zero-order valence-electron chi connectivity index (χ0n) is 13.1. The number of rotatable bonds is 4. The summed E-state index contributed by atoms with van der Waals surface area (Å²) in [5.41, 5.74) is 7.83. The smallest absolute Gasteiger partial charge is 0.0367 e. The van der Waals surface area contributed by atoms with Crippen LogP contribution in [0.1, 0.15) is 32.1 Å². The molecular weight excluding hydrogens is 258 g/mol. The monoisotopic (exact) mass is 287 g/mol. The standard InChI is InChI=1S/C18H29N3/c19-18(16-7-3-1-4-8-16)15-20-11-13-21(14-12-20)17-9-5-2-6-10-17/h2,5-6,9-10,16,18H,1,3-4,7-8,11-15,19H2. The predicted octanol–water partition coefficient (Wildman–Crippen LogP) is 2.72. The topological polar surface area (TPSA) is 32.5 Å². The molecule has 0 aromatic heterocycles. The van der Waals surface area contributed by atoms with Crippen LogP contribution >= 0.6 is 0 Å². The van der Waals surface area contributed by atoms with E-state index < -0.39 is 0 Å². The third-order valence-electron chi connectivity index (χ3n) is 5.22. The average Bonchev–Trinajstić information content (AvgIpc) is 2.57. The minimum absolute atomic E-state index is 0.383. The molecule has 1 heterocycles. The molecule has 1 aliphatic carbocycles. The molecule has 2 N–H and O–H groups in total. The van der Waals surface area contributed by atoms with E-state index in [9.17, 15) is 0 Å². The number of benzene rings is 1. The van der Waals surface area contributed by atoms with E-state index in [0.717, 1.165) is 38.6 Å². The minimum Gasteiger partial charge on any atom is -0.369 e. The molecule has 2 fully saturated rings. The van der Waals surface area contributed by atoms with Crippen LogP contribution in [0.25, 0.3) is 0 Å². The van der Waals surface area contributed by atoms with Crippen molar-refractivity contribution in [2.75, 3.05) is 37.6 Å². The number of nitrogens with two attached hydrogens (primary N) is 1. The Labute approximate surface area is 129 Å². The van der Waals surface area contributed by atoms with Crippen LogP contribution in [-0.2, 0) is 0 Å². The van der Waals surface area contributed by atoms with Crippen molar-refractivity contribution in [1.82, 2.24) is 4.90 Å². The summed E-state index contributed by atoms with van der Waals surface area (Å²) in [6, 6.07) is 11.1. The summed E-state index contributed by atoms with van der Waals surface area (Å²) in [4.78, 5) is 5.06. The maximum atomic E-state index is 6.47. The van der Waals surface area contributed by atoms with Gasteiger partial charge in [0.1, 0.15) is 0 Å². The summed E-state index contributed by atoms with van der Waals surface area (Å²) >= 11 is 0. The highest BCUT2D eigenvalue weighted by Gasteiger charge is 2.24. The molecule has 1 aromatic rings. The van der Waals surface area contributed by atoms with Crippen molar-refractivity contribution in [3.05, 3.63) is 30.3 Å². The normalized spacial score (nSPS) is 23.2. The van der Waals surface area contributed by atoms with E-state index in [1.54, 1.807) is 0 Å². The Balaban J connectivity index is 1.45. The molecule has 2 aliphatic rings. The molecule has 3 rings (SSSR count). The van der Waals surface area contributed by atoms with Crippen LogP contribution in [0.5, 0.6) is 0 Å². The molecule has 1 saturated heterocycles. The van der Waals surface area contributed by atoms with Gasteiger partial charge in [0.15, 0.2) is 0 Å². The van der Waals surface area contributed by atoms with Crippen LogP contribution in [0.4, 0.5) is 5.69 Å². The van der Waals surface area contributed by atoms with Crippen molar-refractivity contribution in [1.29, 1.82) is 0 Å². The summed E-state index contributed by atoms with van der Waals surface area (Å²) < 4.78 is 0. The Kier molecular flexibility index (Phi) is 5.15. The first kappa shape index (κ1) is 14.9. The van der Waals surface area contributed by atoms with Gasteiger partial charge in [-0.2, -0.15) is 0 Å². The van der Waals surface area contributed by atoms with Crippen LogP contribution in [-0.4, -0.2) is 43.7 Å². The van der Waals surface area contributed by atoms with Crippen molar-refractivity contribution in [3.8, 4) is 0 Å². The van der Waals surface area contributed by atoms with Crippen molar-refractivity contribution >= 4 is 5.69 Å². The van der Waals surface area contributed by atoms with E-state index in [1.807, 2.05) is 0 Å². The minimum atomic E-state index is 0.383. The molecule has 1 saturated carbocycles. The Morgan fingerprint density at radius 2 is 1.62 bits per heavy atom. The highest BCUT2D eigenvalue weighted by atomic mass is 15.3. The average molecular weight is 287 g/mol. The van der Waals surface area contributed by atoms with E-state index >= 15 is 0 Å². The summed E-state index contributed by atoms with van der Waals surface area (Å²) in [6.45, 7) is 5.64. The molecule has 0 radical (unpaired) electrons. The lowest BCUT2D eigenvalue weighted by Gasteiger charge is -2.38. The lowest BCUT2D eigenvalue weighted by molar-refractivity contribution is 0.198. The van der Waals surface area contributed by atoms with Crippen LogP contribution < -0.4 is 10.6 Å². The number of para-hydroxylation sites is 1. The molecule has 0 amide bonds. The van der Waals surface area contributed by atoms with Gasteiger partial charge in [-0.3, -0.25) is 4.90 Å². The molecule has 3 heteroatoms. The molecule has 1 atom stereocenters. The summed E-state index contributed by atoms with van der Waals surface area (Å²) in [5.74, 6) is 0.769. The number of hydrogen-bond acceptors (Lipinski definition) is 3. The third kappa shape index (κ3) is 3.98. The van der Waals surface area contributed by atoms with Gasteiger partial charge in [0, 0.05) is 44.5 Å². The van der Waals surface area contributed by atoms with E-state index in [0.29, 0.717) is 6.04 Å². The number of anilines is 1. The second-order valence-corrected chi connectivity index (χ2v) is 6.69. The van der Waals surface area contributed by atoms with E-state index in [4.69, 9.17) is 5.73 Å². The first-order valence-corrected chi connectivity index (χ1v) is 8.61. The van der Waals surface area contributed by atoms with Gasteiger partial charge < -0.3 is 10.6 Å². The Morgan fingerprint density at radius 3 is 2.29 bits per heavy atom. The lowest BCUT2D eigenvalue weighted by atomic mass is 9.84. The van der Waals surface area contributed by atoms with Gasteiger partial charge in [-0.1, -0.05) is 37.5 Å². The molecule has 1 aromatic carbocycles.